The van der Waals surface area contributed by atoms with Crippen LogP contribution in [0.4, 0.5) is 5.82 Å². The number of ketones is 1. The summed E-state index contributed by atoms with van der Waals surface area (Å²) < 4.78 is 0. The molecule has 0 bridgehead atoms. The zero-order valence-electron chi connectivity index (χ0n) is 9.30. The third kappa shape index (κ3) is 2.79. The molecule has 1 aliphatic rings. The Morgan fingerprint density at radius 3 is 2.62 bits per heavy atom. The lowest BCUT2D eigenvalue weighted by molar-refractivity contribution is -0.116. The molecule has 2 rings (SSSR count). The van der Waals surface area contributed by atoms with Crippen molar-refractivity contribution in [2.24, 2.45) is 0 Å². The molecule has 2 heterocycles. The second kappa shape index (κ2) is 5.07. The number of pyridine rings is 1. The van der Waals surface area contributed by atoms with Crippen LogP contribution < -0.4 is 4.90 Å². The van der Waals surface area contributed by atoms with Crippen molar-refractivity contribution in [1.82, 2.24) is 9.88 Å². The molecule has 0 saturated carbocycles. The maximum atomic E-state index is 10.9. The number of piperazine rings is 1. The Bertz CT molecular complexity index is 345. The van der Waals surface area contributed by atoms with E-state index in [2.05, 4.69) is 21.7 Å². The van der Waals surface area contributed by atoms with Crippen molar-refractivity contribution in [1.29, 1.82) is 0 Å². The van der Waals surface area contributed by atoms with Gasteiger partial charge >= 0.3 is 0 Å². The minimum atomic E-state index is -0.00807. The van der Waals surface area contributed by atoms with E-state index in [-0.39, 0.29) is 5.78 Å². The van der Waals surface area contributed by atoms with Gasteiger partial charge in [-0.25, -0.2) is 4.98 Å². The van der Waals surface area contributed by atoms with Crippen LogP contribution in [0.5, 0.6) is 0 Å². The van der Waals surface area contributed by atoms with E-state index in [9.17, 15) is 4.79 Å². The molecule has 4 heteroatoms. The smallest absolute Gasteiger partial charge is 0.147 e. The molecule has 1 saturated heterocycles. The van der Waals surface area contributed by atoms with E-state index >= 15 is 0 Å². The summed E-state index contributed by atoms with van der Waals surface area (Å²) in [6.07, 6.45) is 1.81. The Kier molecular flexibility index (Phi) is 3.51. The van der Waals surface area contributed by atoms with Crippen LogP contribution in [-0.2, 0) is 4.79 Å². The van der Waals surface area contributed by atoms with Crippen molar-refractivity contribution in [3.8, 4) is 0 Å². The molecule has 1 radical (unpaired) electrons. The SMILES string of the molecule is [CH2]C(=O)CN1CCN(c2ccccn2)CC1. The molecule has 0 aliphatic carbocycles. The second-order valence-electron chi connectivity index (χ2n) is 3.99. The molecule has 0 atom stereocenters. The topological polar surface area (TPSA) is 36.4 Å². The molecule has 0 amide bonds. The Labute approximate surface area is 95.9 Å². The molecule has 0 spiro atoms. The van der Waals surface area contributed by atoms with Crippen LogP contribution >= 0.6 is 0 Å². The van der Waals surface area contributed by atoms with Gasteiger partial charge in [0.1, 0.15) is 11.6 Å². The van der Waals surface area contributed by atoms with Gasteiger partial charge in [0.05, 0.1) is 6.54 Å². The number of hydrogen-bond acceptors (Lipinski definition) is 4. The highest BCUT2D eigenvalue weighted by Crippen LogP contribution is 2.11. The highest BCUT2D eigenvalue weighted by atomic mass is 16.1. The molecule has 1 aliphatic heterocycles. The summed E-state index contributed by atoms with van der Waals surface area (Å²) in [6.45, 7) is 7.51. The number of hydrogen-bond donors (Lipinski definition) is 0. The molecule has 16 heavy (non-hydrogen) atoms. The van der Waals surface area contributed by atoms with Gasteiger partial charge in [-0.05, 0) is 12.1 Å². The molecule has 85 valence electrons. The van der Waals surface area contributed by atoms with Crippen molar-refractivity contribution in [3.05, 3.63) is 31.3 Å². The Balaban J connectivity index is 1.88. The molecule has 1 aromatic rings. The lowest BCUT2D eigenvalue weighted by atomic mass is 10.3. The maximum absolute atomic E-state index is 10.9. The van der Waals surface area contributed by atoms with E-state index < -0.39 is 0 Å². The van der Waals surface area contributed by atoms with Crippen molar-refractivity contribution < 1.29 is 4.79 Å². The fraction of sp³-hybridized carbons (Fsp3) is 0.417. The predicted octanol–water partition coefficient (Wildman–Crippen LogP) is 0.607. The van der Waals surface area contributed by atoms with Gasteiger partial charge in [-0.15, -0.1) is 0 Å². The summed E-state index contributed by atoms with van der Waals surface area (Å²) in [5.74, 6) is 1.01. The van der Waals surface area contributed by atoms with Gasteiger partial charge < -0.3 is 4.90 Å². The molecule has 0 unspecified atom stereocenters. The van der Waals surface area contributed by atoms with Gasteiger partial charge in [0.25, 0.3) is 0 Å². The third-order valence-corrected chi connectivity index (χ3v) is 2.75. The minimum absolute atomic E-state index is 0.00807. The number of rotatable bonds is 3. The van der Waals surface area contributed by atoms with Crippen LogP contribution in [0.1, 0.15) is 0 Å². The van der Waals surface area contributed by atoms with E-state index in [0.29, 0.717) is 6.54 Å². The Morgan fingerprint density at radius 1 is 1.31 bits per heavy atom. The summed E-state index contributed by atoms with van der Waals surface area (Å²) in [5, 5.41) is 0. The van der Waals surface area contributed by atoms with Gasteiger partial charge in [-0.2, -0.15) is 0 Å². The molecule has 4 nitrogen and oxygen atoms in total. The van der Waals surface area contributed by atoms with Gasteiger partial charge in [0.15, 0.2) is 0 Å². The number of Topliss-reactive ketones (excluding diaryl/α,β-unsaturated/α-hetero) is 1. The molecule has 0 aromatic carbocycles. The van der Waals surface area contributed by atoms with Crippen LogP contribution in [0.25, 0.3) is 0 Å². The van der Waals surface area contributed by atoms with Gasteiger partial charge in [0, 0.05) is 39.3 Å². The van der Waals surface area contributed by atoms with Crippen LogP contribution in [0.3, 0.4) is 0 Å². The van der Waals surface area contributed by atoms with Crippen LogP contribution in [-0.4, -0.2) is 48.4 Å². The van der Waals surface area contributed by atoms with Crippen LogP contribution in [0, 0.1) is 6.92 Å². The summed E-state index contributed by atoms with van der Waals surface area (Å²) in [4.78, 5) is 19.6. The van der Waals surface area contributed by atoms with Crippen LogP contribution in [0.2, 0.25) is 0 Å². The third-order valence-electron chi connectivity index (χ3n) is 2.75. The first-order valence-electron chi connectivity index (χ1n) is 5.49. The van der Waals surface area contributed by atoms with Gasteiger partial charge in [-0.3, -0.25) is 9.69 Å². The molecule has 1 aromatic heterocycles. The summed E-state index contributed by atoms with van der Waals surface area (Å²) in [5.41, 5.74) is 0. The standard InChI is InChI=1S/C12H16N3O/c1-11(16)10-14-6-8-15(9-7-14)12-4-2-3-5-13-12/h2-5H,1,6-10H2. The predicted molar refractivity (Wildman–Crippen MR) is 63.3 cm³/mol. The van der Waals surface area contributed by atoms with Crippen molar-refractivity contribution in [3.63, 3.8) is 0 Å². The largest absolute Gasteiger partial charge is 0.354 e. The zero-order chi connectivity index (χ0) is 11.4. The molecule has 0 N–H and O–H groups in total. The maximum Gasteiger partial charge on any atom is 0.147 e. The summed E-state index contributed by atoms with van der Waals surface area (Å²) in [6, 6.07) is 5.93. The highest BCUT2D eigenvalue weighted by Gasteiger charge is 2.18. The number of carbonyl (C=O) groups is 1. The summed E-state index contributed by atoms with van der Waals surface area (Å²) in [7, 11) is 0. The average Bonchev–Trinajstić information content (AvgIpc) is 2.30. The van der Waals surface area contributed by atoms with Gasteiger partial charge in [0.2, 0.25) is 0 Å². The zero-order valence-corrected chi connectivity index (χ0v) is 9.30. The minimum Gasteiger partial charge on any atom is -0.354 e. The number of anilines is 1. The fourth-order valence-electron chi connectivity index (χ4n) is 1.93. The fourth-order valence-corrected chi connectivity index (χ4v) is 1.93. The molecular weight excluding hydrogens is 202 g/mol. The quantitative estimate of drug-likeness (QED) is 0.744. The van der Waals surface area contributed by atoms with Crippen molar-refractivity contribution in [2.75, 3.05) is 37.6 Å². The number of aromatic nitrogens is 1. The molecular formula is C12H16N3O. The average molecular weight is 218 g/mol. The Hall–Kier alpha value is -1.42. The summed E-state index contributed by atoms with van der Waals surface area (Å²) >= 11 is 0. The first kappa shape index (κ1) is 11.1. The highest BCUT2D eigenvalue weighted by molar-refractivity contribution is 5.84. The normalized spacial score (nSPS) is 17.4. The van der Waals surface area contributed by atoms with Gasteiger partial charge in [-0.1, -0.05) is 6.07 Å². The van der Waals surface area contributed by atoms with E-state index in [1.165, 1.54) is 0 Å². The van der Waals surface area contributed by atoms with E-state index in [0.717, 1.165) is 32.0 Å². The van der Waals surface area contributed by atoms with E-state index in [1.807, 2.05) is 18.2 Å². The molecule has 1 fully saturated rings. The first-order chi connectivity index (χ1) is 7.75. The van der Waals surface area contributed by atoms with Crippen molar-refractivity contribution >= 4 is 11.6 Å². The lowest BCUT2D eigenvalue weighted by Gasteiger charge is -2.34. The van der Waals surface area contributed by atoms with Crippen molar-refractivity contribution in [2.45, 2.75) is 0 Å². The second-order valence-corrected chi connectivity index (χ2v) is 3.99. The monoisotopic (exact) mass is 218 g/mol. The Morgan fingerprint density at radius 2 is 2.06 bits per heavy atom. The van der Waals surface area contributed by atoms with E-state index in [1.54, 1.807) is 6.20 Å². The number of nitrogens with zero attached hydrogens (tertiary/aromatic N) is 3. The van der Waals surface area contributed by atoms with Crippen LogP contribution in [0.15, 0.2) is 24.4 Å². The lowest BCUT2D eigenvalue weighted by Crippen LogP contribution is -2.48. The first-order valence-corrected chi connectivity index (χ1v) is 5.49. The number of carbonyl (C=O) groups excluding carboxylic acids is 1. The van der Waals surface area contributed by atoms with E-state index in [4.69, 9.17) is 0 Å².